The molecule has 2 aromatic carbocycles. The van der Waals surface area contributed by atoms with Gasteiger partial charge in [0, 0.05) is 0 Å². The first-order chi connectivity index (χ1) is 7.27. The molecule has 0 fully saturated rings. The molecule has 0 radical (unpaired) electrons. The summed E-state index contributed by atoms with van der Waals surface area (Å²) in [6.07, 6.45) is 0. The normalized spacial score (nSPS) is 9.62. The number of hydrogen-bond acceptors (Lipinski definition) is 0. The van der Waals surface area contributed by atoms with E-state index in [0.717, 1.165) is 0 Å². The Kier molecular flexibility index (Phi) is 5.72. The van der Waals surface area contributed by atoms with Crippen LogP contribution in [0.1, 0.15) is 11.1 Å². The van der Waals surface area contributed by atoms with Crippen molar-refractivity contribution in [1.82, 2.24) is 0 Å². The second-order valence-corrected chi connectivity index (χ2v) is 4.87. The van der Waals surface area contributed by atoms with Gasteiger partial charge in [-0.15, -0.1) is 0 Å². The van der Waals surface area contributed by atoms with Crippen molar-refractivity contribution < 1.29 is 29.6 Å². The molecule has 76 valence electrons. The van der Waals surface area contributed by atoms with Crippen molar-refractivity contribution in [2.24, 2.45) is 0 Å². The van der Waals surface area contributed by atoms with Crippen LogP contribution in [-0.4, -0.2) is 0 Å². The Morgan fingerprint density at radius 3 is 1.44 bits per heavy atom. The Balaban J connectivity index is 0.00000128. The van der Waals surface area contributed by atoms with Crippen molar-refractivity contribution in [3.63, 3.8) is 0 Å². The summed E-state index contributed by atoms with van der Waals surface area (Å²) >= 11 is 0. The number of hydrogen-bond donors (Lipinski definition) is 0. The minimum Gasteiger partial charge on any atom is -0.472 e. The van der Waals surface area contributed by atoms with Crippen LogP contribution in [-0.2, 0) is 0 Å². The van der Waals surface area contributed by atoms with Crippen molar-refractivity contribution >= 4 is 19.2 Å². The third-order valence-corrected chi connectivity index (χ3v) is 3.96. The van der Waals surface area contributed by atoms with Crippen LogP contribution in [0.5, 0.6) is 0 Å². The zero-order chi connectivity index (χ0) is 10.7. The average Bonchev–Trinajstić information content (AvgIpc) is 2.24. The van der Waals surface area contributed by atoms with E-state index in [-0.39, 0.29) is 29.6 Å². The smallest absolute Gasteiger partial charge is 0.472 e. The Morgan fingerprint density at radius 1 is 0.688 bits per heavy atom. The summed E-state index contributed by atoms with van der Waals surface area (Å²) in [6, 6.07) is 17.1. The van der Waals surface area contributed by atoms with Gasteiger partial charge in [0.2, 0.25) is 0 Å². The van der Waals surface area contributed by atoms with E-state index in [9.17, 15) is 0 Å². The maximum absolute atomic E-state index is 2.20. The Morgan fingerprint density at radius 2 is 1.06 bits per heavy atom. The Bertz CT molecular complexity index is 422. The van der Waals surface area contributed by atoms with Gasteiger partial charge < -0.3 is 8.58 Å². The minimum absolute atomic E-state index is 0. The third-order valence-electron chi connectivity index (χ3n) is 2.47. The van der Waals surface area contributed by atoms with E-state index in [2.05, 4.69) is 62.4 Å². The summed E-state index contributed by atoms with van der Waals surface area (Å²) in [5.41, 5.74) is 2.73. The van der Waals surface area contributed by atoms with Crippen LogP contribution in [0.4, 0.5) is 0 Å². The largest absolute Gasteiger partial charge is 1.00 e. The van der Waals surface area contributed by atoms with Crippen molar-refractivity contribution in [2.45, 2.75) is 13.8 Å². The molecule has 2 rings (SSSR count). The summed E-state index contributed by atoms with van der Waals surface area (Å²) < 4.78 is 0. The second-order valence-electron chi connectivity index (χ2n) is 3.68. The second kappa shape index (κ2) is 6.57. The molecule has 0 unspecified atom stereocenters. The molecule has 0 spiro atoms. The molecular formula is C14H14NaP. The van der Waals surface area contributed by atoms with Gasteiger partial charge in [0.1, 0.15) is 0 Å². The van der Waals surface area contributed by atoms with Gasteiger partial charge in [-0.2, -0.15) is 10.6 Å². The first kappa shape index (κ1) is 13.9. The summed E-state index contributed by atoms with van der Waals surface area (Å²) in [5.74, 6) is 0. The Hall–Kier alpha value is -0.130. The van der Waals surface area contributed by atoms with Crippen LogP contribution in [0.25, 0.3) is 0 Å². The van der Waals surface area contributed by atoms with Crippen molar-refractivity contribution in [3.8, 4) is 0 Å². The van der Waals surface area contributed by atoms with Crippen LogP contribution < -0.4 is 40.2 Å². The molecular weight excluding hydrogens is 222 g/mol. The molecule has 0 aromatic heterocycles. The molecule has 0 nitrogen and oxygen atoms in total. The van der Waals surface area contributed by atoms with Gasteiger partial charge in [0.05, 0.1) is 0 Å². The van der Waals surface area contributed by atoms with Crippen LogP contribution in [0.3, 0.4) is 0 Å². The van der Waals surface area contributed by atoms with E-state index in [4.69, 9.17) is 0 Å². The van der Waals surface area contributed by atoms with Gasteiger partial charge in [0.15, 0.2) is 0 Å². The molecule has 0 saturated carbocycles. The molecule has 0 aliphatic rings. The molecule has 0 amide bonds. The zero-order valence-electron chi connectivity index (χ0n) is 10.1. The third kappa shape index (κ3) is 3.43. The fraction of sp³-hybridized carbons (Fsp3) is 0.143. The van der Waals surface area contributed by atoms with E-state index in [1.54, 1.807) is 0 Å². The van der Waals surface area contributed by atoms with Gasteiger partial charge in [0.25, 0.3) is 0 Å². The summed E-state index contributed by atoms with van der Waals surface area (Å²) in [4.78, 5) is 0. The van der Waals surface area contributed by atoms with Gasteiger partial charge in [-0.05, 0) is 13.8 Å². The predicted molar refractivity (Wildman–Crippen MR) is 68.5 cm³/mol. The maximum Gasteiger partial charge on any atom is 1.00 e. The van der Waals surface area contributed by atoms with Gasteiger partial charge >= 0.3 is 29.6 Å². The van der Waals surface area contributed by atoms with E-state index in [1.807, 2.05) is 0 Å². The zero-order valence-corrected chi connectivity index (χ0v) is 13.0. The standard InChI is InChI=1S/C14H14P.Na/c1-11-7-3-5-9-13(11)15-14-10-6-4-8-12(14)2;/h3-10H,1-2H3;/q-1;+1. The van der Waals surface area contributed by atoms with Crippen molar-refractivity contribution in [2.75, 3.05) is 0 Å². The minimum atomic E-state index is 0. The SMILES string of the molecule is Cc1ccccc1[P-]c1ccccc1C.[Na+]. The number of benzene rings is 2. The van der Waals surface area contributed by atoms with E-state index >= 15 is 0 Å². The predicted octanol–water partition coefficient (Wildman–Crippen LogP) is 0.204. The fourth-order valence-corrected chi connectivity index (χ4v) is 2.59. The van der Waals surface area contributed by atoms with Gasteiger partial charge in [-0.25, -0.2) is 0 Å². The molecule has 0 aliphatic heterocycles. The molecule has 0 N–H and O–H groups in total. The molecule has 16 heavy (non-hydrogen) atoms. The van der Waals surface area contributed by atoms with E-state index < -0.39 is 0 Å². The molecule has 0 heterocycles. The van der Waals surface area contributed by atoms with Gasteiger partial charge in [-0.3, -0.25) is 0 Å². The van der Waals surface area contributed by atoms with Crippen molar-refractivity contribution in [1.29, 1.82) is 0 Å². The van der Waals surface area contributed by atoms with Crippen LogP contribution in [0, 0.1) is 13.8 Å². The van der Waals surface area contributed by atoms with E-state index in [1.165, 1.54) is 30.3 Å². The summed E-state index contributed by atoms with van der Waals surface area (Å²) in [7, 11) is 1.31. The topological polar surface area (TPSA) is 0 Å². The van der Waals surface area contributed by atoms with E-state index in [0.29, 0.717) is 0 Å². The van der Waals surface area contributed by atoms with Crippen LogP contribution in [0.2, 0.25) is 0 Å². The quantitative estimate of drug-likeness (QED) is 0.516. The molecule has 2 heteroatoms. The molecule has 2 aromatic rings. The first-order valence-electron chi connectivity index (χ1n) is 5.10. The monoisotopic (exact) mass is 236 g/mol. The summed E-state index contributed by atoms with van der Waals surface area (Å²) in [5, 5.41) is 2.79. The average molecular weight is 236 g/mol. The molecule has 0 saturated heterocycles. The van der Waals surface area contributed by atoms with Crippen LogP contribution >= 0.6 is 8.58 Å². The van der Waals surface area contributed by atoms with Crippen LogP contribution in [0.15, 0.2) is 48.5 Å². The molecule has 0 aliphatic carbocycles. The maximum atomic E-state index is 2.20. The fourth-order valence-electron chi connectivity index (χ4n) is 1.51. The number of rotatable bonds is 2. The van der Waals surface area contributed by atoms with Crippen molar-refractivity contribution in [3.05, 3.63) is 59.7 Å². The molecule has 0 bridgehead atoms. The first-order valence-corrected chi connectivity index (χ1v) is 6.00. The van der Waals surface area contributed by atoms with Gasteiger partial charge in [-0.1, -0.05) is 59.7 Å². The number of aryl methyl sites for hydroxylation is 2. The Labute approximate surface area is 122 Å². The molecule has 0 atom stereocenters. The summed E-state index contributed by atoms with van der Waals surface area (Å²) in [6.45, 7) is 4.33.